The average molecular weight is 430 g/mol. The molecule has 152 valence electrons. The van der Waals surface area contributed by atoms with Crippen molar-refractivity contribution in [1.29, 1.82) is 0 Å². The zero-order valence-electron chi connectivity index (χ0n) is 16.9. The first-order chi connectivity index (χ1) is 13.8. The van der Waals surface area contributed by atoms with Crippen LogP contribution in [0.25, 0.3) is 0 Å². The van der Waals surface area contributed by atoms with E-state index in [1.54, 1.807) is 0 Å². The number of nitrogens with zero attached hydrogens (tertiary/aromatic N) is 3. The fourth-order valence-electron chi connectivity index (χ4n) is 2.80. The Bertz CT molecular complexity index is 983. The van der Waals surface area contributed by atoms with Crippen LogP contribution in [0.4, 0.5) is 11.4 Å². The van der Waals surface area contributed by atoms with E-state index < -0.39 is 0 Å². The molecule has 1 amide bonds. The van der Waals surface area contributed by atoms with E-state index in [1.807, 2.05) is 74.9 Å². The molecule has 0 bridgehead atoms. The number of benzene rings is 2. The average Bonchev–Trinajstić information content (AvgIpc) is 3.04. The van der Waals surface area contributed by atoms with Crippen LogP contribution < -0.4 is 10.6 Å². The highest BCUT2D eigenvalue weighted by Gasteiger charge is 2.20. The molecule has 3 rings (SSSR count). The normalized spacial score (nSPS) is 11.9. The van der Waals surface area contributed by atoms with Crippen LogP contribution in [-0.4, -0.2) is 25.9 Å². The fraction of sp³-hybridized carbons (Fsp3) is 0.286. The van der Waals surface area contributed by atoms with E-state index in [0.29, 0.717) is 16.7 Å². The molecular formula is C21H24ClN5OS. The van der Waals surface area contributed by atoms with Gasteiger partial charge >= 0.3 is 0 Å². The molecule has 0 aliphatic carbocycles. The fourth-order valence-corrected chi connectivity index (χ4v) is 3.76. The van der Waals surface area contributed by atoms with Crippen molar-refractivity contribution in [2.75, 3.05) is 10.6 Å². The maximum atomic E-state index is 12.7. The molecule has 6 nitrogen and oxygen atoms in total. The van der Waals surface area contributed by atoms with Gasteiger partial charge in [0.1, 0.15) is 0 Å². The van der Waals surface area contributed by atoms with Crippen LogP contribution in [0.3, 0.4) is 0 Å². The Balaban J connectivity index is 1.61. The molecule has 0 saturated carbocycles. The quantitative estimate of drug-likeness (QED) is 0.527. The number of carbonyl (C=O) groups is 1. The third-order valence-corrected chi connectivity index (χ3v) is 5.99. The zero-order valence-corrected chi connectivity index (χ0v) is 18.4. The predicted molar refractivity (Wildman–Crippen MR) is 120 cm³/mol. The highest BCUT2D eigenvalue weighted by molar-refractivity contribution is 8.00. The Morgan fingerprint density at radius 1 is 1.14 bits per heavy atom. The van der Waals surface area contributed by atoms with Crippen LogP contribution in [0.2, 0.25) is 5.02 Å². The van der Waals surface area contributed by atoms with Gasteiger partial charge in [0.05, 0.1) is 11.8 Å². The summed E-state index contributed by atoms with van der Waals surface area (Å²) in [5.74, 6) is 0.723. The Morgan fingerprint density at radius 2 is 1.79 bits per heavy atom. The van der Waals surface area contributed by atoms with Crippen LogP contribution in [0.5, 0.6) is 0 Å². The van der Waals surface area contributed by atoms with E-state index in [2.05, 4.69) is 20.8 Å². The lowest BCUT2D eigenvalue weighted by Gasteiger charge is -2.15. The number of amides is 1. The maximum absolute atomic E-state index is 12.7. The topological polar surface area (TPSA) is 71.8 Å². The number of thioether (sulfide) groups is 1. The number of rotatable bonds is 7. The number of nitrogens with one attached hydrogen (secondary N) is 2. The van der Waals surface area contributed by atoms with E-state index in [4.69, 9.17) is 11.6 Å². The minimum atomic E-state index is -0.311. The predicted octanol–water partition coefficient (Wildman–Crippen LogP) is 4.82. The second-order valence-corrected chi connectivity index (χ2v) is 8.58. The third kappa shape index (κ3) is 5.31. The van der Waals surface area contributed by atoms with Crippen molar-refractivity contribution in [3.05, 3.63) is 64.4 Å². The van der Waals surface area contributed by atoms with E-state index in [0.717, 1.165) is 28.3 Å². The van der Waals surface area contributed by atoms with E-state index >= 15 is 0 Å². The first-order valence-corrected chi connectivity index (χ1v) is 10.5. The van der Waals surface area contributed by atoms with Gasteiger partial charge in [-0.05, 0) is 56.2 Å². The van der Waals surface area contributed by atoms with Crippen LogP contribution >= 0.6 is 23.4 Å². The number of carbonyl (C=O) groups excluding carboxylic acids is 1. The van der Waals surface area contributed by atoms with Gasteiger partial charge in [-0.1, -0.05) is 41.6 Å². The van der Waals surface area contributed by atoms with Gasteiger partial charge in [0.25, 0.3) is 0 Å². The number of anilines is 2. The lowest BCUT2D eigenvalue weighted by molar-refractivity contribution is -0.115. The molecule has 1 aromatic heterocycles. The highest BCUT2D eigenvalue weighted by atomic mass is 35.5. The second kappa shape index (κ2) is 9.33. The van der Waals surface area contributed by atoms with Gasteiger partial charge in [-0.15, -0.1) is 10.2 Å². The SMILES string of the molecule is Cc1cccc(C)c1NC(=O)[C@H](C)Sc1nnc(CNc2ccc(Cl)cc2)n1C. The van der Waals surface area contributed by atoms with Gasteiger partial charge < -0.3 is 15.2 Å². The van der Waals surface area contributed by atoms with Crippen LogP contribution in [0, 0.1) is 13.8 Å². The zero-order chi connectivity index (χ0) is 21.0. The largest absolute Gasteiger partial charge is 0.378 e. The third-order valence-electron chi connectivity index (χ3n) is 4.60. The Hall–Kier alpha value is -2.51. The van der Waals surface area contributed by atoms with Crippen molar-refractivity contribution < 1.29 is 4.79 Å². The number of aromatic nitrogens is 3. The first-order valence-electron chi connectivity index (χ1n) is 9.26. The van der Waals surface area contributed by atoms with Crippen molar-refractivity contribution in [1.82, 2.24) is 14.8 Å². The summed E-state index contributed by atoms with van der Waals surface area (Å²) in [6.45, 7) is 6.37. The minimum Gasteiger partial charge on any atom is -0.378 e. The number of aryl methyl sites for hydroxylation is 2. The Kier molecular flexibility index (Phi) is 6.82. The molecule has 1 atom stereocenters. The van der Waals surface area contributed by atoms with Crippen LogP contribution in [0.1, 0.15) is 23.9 Å². The van der Waals surface area contributed by atoms with Crippen molar-refractivity contribution in [2.24, 2.45) is 7.05 Å². The van der Waals surface area contributed by atoms with Crippen molar-refractivity contribution in [3.8, 4) is 0 Å². The number of hydrogen-bond donors (Lipinski definition) is 2. The Labute approximate surface area is 180 Å². The maximum Gasteiger partial charge on any atom is 0.237 e. The standard InChI is InChI=1S/C21H24ClN5OS/c1-13-6-5-7-14(2)19(13)24-20(28)15(3)29-21-26-25-18(27(21)4)12-23-17-10-8-16(22)9-11-17/h5-11,15,23H,12H2,1-4H3,(H,24,28)/t15-/m0/s1. The monoisotopic (exact) mass is 429 g/mol. The van der Waals surface area contributed by atoms with Gasteiger partial charge in [0, 0.05) is 23.4 Å². The molecule has 8 heteroatoms. The van der Waals surface area contributed by atoms with Crippen molar-refractivity contribution in [2.45, 2.75) is 37.7 Å². The molecule has 3 aromatic rings. The summed E-state index contributed by atoms with van der Waals surface area (Å²) >= 11 is 7.30. The first kappa shape index (κ1) is 21.2. The molecule has 2 N–H and O–H groups in total. The molecule has 0 fully saturated rings. The Morgan fingerprint density at radius 3 is 2.45 bits per heavy atom. The van der Waals surface area contributed by atoms with Crippen LogP contribution in [0.15, 0.2) is 47.6 Å². The van der Waals surface area contributed by atoms with Gasteiger partial charge in [-0.2, -0.15) is 0 Å². The number of halogens is 1. The number of para-hydroxylation sites is 1. The second-order valence-electron chi connectivity index (χ2n) is 6.83. The summed E-state index contributed by atoms with van der Waals surface area (Å²) in [5, 5.41) is 15.9. The lowest BCUT2D eigenvalue weighted by Crippen LogP contribution is -2.23. The molecule has 29 heavy (non-hydrogen) atoms. The van der Waals surface area contributed by atoms with Crippen molar-refractivity contribution in [3.63, 3.8) is 0 Å². The van der Waals surface area contributed by atoms with E-state index in [-0.39, 0.29) is 11.2 Å². The molecule has 0 saturated heterocycles. The van der Waals surface area contributed by atoms with Gasteiger partial charge in [0.2, 0.25) is 5.91 Å². The summed E-state index contributed by atoms with van der Waals surface area (Å²) in [6.07, 6.45) is 0. The van der Waals surface area contributed by atoms with E-state index in [1.165, 1.54) is 11.8 Å². The summed E-state index contributed by atoms with van der Waals surface area (Å²) in [5.41, 5.74) is 3.92. The van der Waals surface area contributed by atoms with Gasteiger partial charge in [-0.25, -0.2) is 0 Å². The highest BCUT2D eigenvalue weighted by Crippen LogP contribution is 2.25. The van der Waals surface area contributed by atoms with Crippen LogP contribution in [-0.2, 0) is 18.4 Å². The van der Waals surface area contributed by atoms with Crippen molar-refractivity contribution >= 4 is 40.6 Å². The van der Waals surface area contributed by atoms with Gasteiger partial charge in [0.15, 0.2) is 11.0 Å². The summed E-state index contributed by atoms with van der Waals surface area (Å²) in [6, 6.07) is 13.4. The summed E-state index contributed by atoms with van der Waals surface area (Å²) in [4.78, 5) is 12.7. The van der Waals surface area contributed by atoms with E-state index in [9.17, 15) is 4.79 Å². The molecule has 0 aliphatic heterocycles. The lowest BCUT2D eigenvalue weighted by atomic mass is 10.1. The molecule has 0 radical (unpaired) electrons. The molecule has 0 aliphatic rings. The van der Waals surface area contributed by atoms with Gasteiger partial charge in [-0.3, -0.25) is 4.79 Å². The molecule has 0 unspecified atom stereocenters. The molecular weight excluding hydrogens is 406 g/mol. The molecule has 0 spiro atoms. The minimum absolute atomic E-state index is 0.0590. The summed E-state index contributed by atoms with van der Waals surface area (Å²) < 4.78 is 1.90. The number of hydrogen-bond acceptors (Lipinski definition) is 5. The molecule has 2 aromatic carbocycles. The molecule has 1 heterocycles. The smallest absolute Gasteiger partial charge is 0.237 e. The summed E-state index contributed by atoms with van der Waals surface area (Å²) in [7, 11) is 1.90.